The number of esters is 1. The van der Waals surface area contributed by atoms with Gasteiger partial charge < -0.3 is 24.4 Å². The number of carbonyl (C=O) groups is 2. The Bertz CT molecular complexity index is 654. The van der Waals surface area contributed by atoms with E-state index in [4.69, 9.17) is 19.3 Å². The summed E-state index contributed by atoms with van der Waals surface area (Å²) in [5.74, 6) is -1.06. The number of phenols is 1. The van der Waals surface area contributed by atoms with Gasteiger partial charge in [-0.15, -0.1) is 0 Å². The van der Waals surface area contributed by atoms with Crippen LogP contribution in [-0.2, 0) is 25.5 Å². The van der Waals surface area contributed by atoms with E-state index in [1.54, 1.807) is 13.0 Å². The Morgan fingerprint density at radius 2 is 2.18 bits per heavy atom. The number of benzene rings is 1. The van der Waals surface area contributed by atoms with Crippen LogP contribution < -0.4 is 4.74 Å². The molecule has 0 bridgehead atoms. The molecular weight excluding hydrogens is 292 g/mol. The van der Waals surface area contributed by atoms with Crippen LogP contribution in [0.4, 0.5) is 0 Å². The summed E-state index contributed by atoms with van der Waals surface area (Å²) in [6, 6.07) is 3.01. The lowest BCUT2D eigenvalue weighted by Crippen LogP contribution is -2.17. The minimum Gasteiger partial charge on any atom is -0.508 e. The molecule has 0 amide bonds. The Balaban J connectivity index is 1.94. The van der Waals surface area contributed by atoms with Crippen LogP contribution in [0, 0.1) is 0 Å². The molecular formula is C15H16O7. The number of hydrogen-bond acceptors (Lipinski definition) is 6. The summed E-state index contributed by atoms with van der Waals surface area (Å²) < 4.78 is 16.0. The quantitative estimate of drug-likeness (QED) is 0.621. The maximum Gasteiger partial charge on any atom is 0.341 e. The van der Waals surface area contributed by atoms with E-state index in [1.165, 1.54) is 13.2 Å². The van der Waals surface area contributed by atoms with Crippen molar-refractivity contribution in [3.63, 3.8) is 0 Å². The molecule has 0 saturated carbocycles. The van der Waals surface area contributed by atoms with Crippen molar-refractivity contribution >= 4 is 11.9 Å². The first-order valence-electron chi connectivity index (χ1n) is 6.87. The van der Waals surface area contributed by atoms with Gasteiger partial charge in [-0.3, -0.25) is 4.79 Å². The molecule has 1 aromatic carbocycles. The third kappa shape index (κ3) is 2.18. The molecule has 7 heteroatoms. The van der Waals surface area contributed by atoms with Gasteiger partial charge in [0.05, 0.1) is 7.11 Å². The summed E-state index contributed by atoms with van der Waals surface area (Å²) in [4.78, 5) is 22.5. The van der Waals surface area contributed by atoms with E-state index in [2.05, 4.69) is 0 Å². The van der Waals surface area contributed by atoms with Gasteiger partial charge in [-0.25, -0.2) is 4.79 Å². The average molecular weight is 308 g/mol. The Morgan fingerprint density at radius 1 is 1.45 bits per heavy atom. The van der Waals surface area contributed by atoms with Crippen LogP contribution >= 0.6 is 0 Å². The van der Waals surface area contributed by atoms with Crippen molar-refractivity contribution in [3.05, 3.63) is 23.3 Å². The van der Waals surface area contributed by atoms with Crippen LogP contribution in [-0.4, -0.2) is 41.0 Å². The van der Waals surface area contributed by atoms with Crippen molar-refractivity contribution in [1.29, 1.82) is 0 Å². The highest BCUT2D eigenvalue weighted by molar-refractivity contribution is 5.86. The smallest absolute Gasteiger partial charge is 0.341 e. The second kappa shape index (κ2) is 4.88. The van der Waals surface area contributed by atoms with Crippen LogP contribution in [0.3, 0.4) is 0 Å². The average Bonchev–Trinajstić information content (AvgIpc) is 3.09. The molecule has 118 valence electrons. The summed E-state index contributed by atoms with van der Waals surface area (Å²) >= 11 is 0. The van der Waals surface area contributed by atoms with Gasteiger partial charge >= 0.3 is 11.9 Å². The first-order valence-corrected chi connectivity index (χ1v) is 6.87. The standard InChI is InChI=1S/C15H16O7/c1-15-13(22-15)12(21-14(15)19)8-5-7(3-4-11(17)18)9(16)6-10(8)20-2/h5-6,12-13,16H,3-4H2,1-2H3,(H,17,18)/t12-,13-,15+/m0/s1. The number of fused-ring (bicyclic) bond motifs is 1. The molecule has 2 saturated heterocycles. The summed E-state index contributed by atoms with van der Waals surface area (Å²) in [5.41, 5.74) is 0.123. The van der Waals surface area contributed by atoms with E-state index in [-0.39, 0.29) is 24.7 Å². The fourth-order valence-electron chi connectivity index (χ4n) is 2.74. The number of phenolic OH excluding ortho intramolecular Hbond substituents is 1. The number of epoxide rings is 1. The lowest BCUT2D eigenvalue weighted by molar-refractivity contribution is -0.153. The number of rotatable bonds is 5. The van der Waals surface area contributed by atoms with Gasteiger partial charge in [0.1, 0.15) is 17.6 Å². The van der Waals surface area contributed by atoms with Crippen LogP contribution in [0.25, 0.3) is 0 Å². The van der Waals surface area contributed by atoms with Crippen LogP contribution in [0.5, 0.6) is 11.5 Å². The molecule has 0 radical (unpaired) electrons. The van der Waals surface area contributed by atoms with Gasteiger partial charge in [0.25, 0.3) is 0 Å². The highest BCUT2D eigenvalue weighted by Gasteiger charge is 2.70. The number of aliphatic carboxylic acids is 1. The van der Waals surface area contributed by atoms with Crippen molar-refractivity contribution in [1.82, 2.24) is 0 Å². The highest BCUT2D eigenvalue weighted by Crippen LogP contribution is 2.54. The zero-order valence-corrected chi connectivity index (χ0v) is 12.2. The molecule has 0 aromatic heterocycles. The van der Waals surface area contributed by atoms with E-state index in [1.807, 2.05) is 0 Å². The summed E-state index contributed by atoms with van der Waals surface area (Å²) in [7, 11) is 1.44. The fourth-order valence-corrected chi connectivity index (χ4v) is 2.74. The molecule has 2 heterocycles. The molecule has 7 nitrogen and oxygen atoms in total. The molecule has 0 aliphatic carbocycles. The van der Waals surface area contributed by atoms with E-state index in [0.717, 1.165) is 0 Å². The van der Waals surface area contributed by atoms with Gasteiger partial charge in [-0.2, -0.15) is 0 Å². The first-order chi connectivity index (χ1) is 10.4. The lowest BCUT2D eigenvalue weighted by atomic mass is 9.97. The third-order valence-electron chi connectivity index (χ3n) is 4.12. The number of aromatic hydroxyl groups is 1. The number of hydrogen-bond donors (Lipinski definition) is 2. The largest absolute Gasteiger partial charge is 0.508 e. The van der Waals surface area contributed by atoms with Crippen LogP contribution in [0.1, 0.15) is 30.6 Å². The van der Waals surface area contributed by atoms with Crippen molar-refractivity contribution in [2.45, 2.75) is 37.6 Å². The number of carboxylic acids is 1. The van der Waals surface area contributed by atoms with E-state index < -0.39 is 23.6 Å². The molecule has 2 N–H and O–H groups in total. The predicted octanol–water partition coefficient (Wildman–Crippen LogP) is 1.17. The molecule has 2 aliphatic heterocycles. The van der Waals surface area contributed by atoms with Gasteiger partial charge in [-0.05, 0) is 25.0 Å². The fraction of sp³-hybridized carbons (Fsp3) is 0.467. The van der Waals surface area contributed by atoms with Crippen molar-refractivity contribution in [2.75, 3.05) is 7.11 Å². The first kappa shape index (κ1) is 14.6. The maximum atomic E-state index is 11.8. The van der Waals surface area contributed by atoms with Crippen LogP contribution in [0.2, 0.25) is 0 Å². The molecule has 1 aromatic rings. The minimum atomic E-state index is -0.956. The molecule has 22 heavy (non-hydrogen) atoms. The maximum absolute atomic E-state index is 11.8. The Kier molecular flexibility index (Phi) is 3.25. The van der Waals surface area contributed by atoms with Gasteiger partial charge in [-0.1, -0.05) is 0 Å². The minimum absolute atomic E-state index is 0.0503. The summed E-state index contributed by atoms with van der Waals surface area (Å²) in [5, 5.41) is 18.7. The number of ether oxygens (including phenoxy) is 3. The van der Waals surface area contributed by atoms with Gasteiger partial charge in [0, 0.05) is 18.1 Å². The SMILES string of the molecule is COc1cc(O)c(CCC(=O)O)cc1[C@@H]1OC(=O)[C@]2(C)O[C@@H]12. The predicted molar refractivity (Wildman–Crippen MR) is 72.7 cm³/mol. The number of cyclic esters (lactones) is 1. The molecule has 2 aliphatic rings. The molecule has 0 spiro atoms. The summed E-state index contributed by atoms with van der Waals surface area (Å²) in [6.45, 7) is 1.66. The van der Waals surface area contributed by atoms with E-state index in [0.29, 0.717) is 16.9 Å². The molecule has 3 atom stereocenters. The molecule has 0 unspecified atom stereocenters. The Hall–Kier alpha value is -2.28. The normalized spacial score (nSPS) is 28.9. The van der Waals surface area contributed by atoms with Gasteiger partial charge in [0.2, 0.25) is 0 Å². The number of carbonyl (C=O) groups excluding carboxylic acids is 1. The molecule has 3 rings (SSSR count). The van der Waals surface area contributed by atoms with Gasteiger partial charge in [0.15, 0.2) is 11.7 Å². The number of aryl methyl sites for hydroxylation is 1. The number of carboxylic acid groups (broad SMARTS) is 1. The zero-order valence-electron chi connectivity index (χ0n) is 12.2. The Labute approximate surface area is 126 Å². The Morgan fingerprint density at radius 3 is 2.68 bits per heavy atom. The zero-order chi connectivity index (χ0) is 16.1. The second-order valence-electron chi connectivity index (χ2n) is 5.59. The second-order valence-corrected chi connectivity index (χ2v) is 5.59. The van der Waals surface area contributed by atoms with Crippen LogP contribution in [0.15, 0.2) is 12.1 Å². The van der Waals surface area contributed by atoms with Crippen molar-refractivity contribution in [3.8, 4) is 11.5 Å². The van der Waals surface area contributed by atoms with E-state index >= 15 is 0 Å². The lowest BCUT2D eigenvalue weighted by Gasteiger charge is -2.17. The van der Waals surface area contributed by atoms with Crippen molar-refractivity contribution < 1.29 is 34.0 Å². The highest BCUT2D eigenvalue weighted by atomic mass is 16.7. The third-order valence-corrected chi connectivity index (χ3v) is 4.12. The van der Waals surface area contributed by atoms with Crippen molar-refractivity contribution in [2.24, 2.45) is 0 Å². The molecule has 2 fully saturated rings. The number of methoxy groups -OCH3 is 1. The van der Waals surface area contributed by atoms with E-state index in [9.17, 15) is 14.7 Å². The monoisotopic (exact) mass is 308 g/mol. The summed E-state index contributed by atoms with van der Waals surface area (Å²) in [6.07, 6.45) is -0.939. The topological polar surface area (TPSA) is 106 Å².